The minimum absolute atomic E-state index is 0.169. The van der Waals surface area contributed by atoms with E-state index in [1.165, 1.54) is 0 Å². The number of rotatable bonds is 2. The van der Waals surface area contributed by atoms with Crippen molar-refractivity contribution in [1.82, 2.24) is 4.90 Å². The third-order valence-electron chi connectivity index (χ3n) is 4.91. The lowest BCUT2D eigenvalue weighted by Crippen LogP contribution is -2.36. The number of amides is 1. The largest absolute Gasteiger partial charge is 0.487 e. The first-order chi connectivity index (χ1) is 12.4. The maximum absolute atomic E-state index is 14.0. The van der Waals surface area contributed by atoms with Crippen LogP contribution >= 0.6 is 0 Å². The molecule has 2 fully saturated rings. The van der Waals surface area contributed by atoms with Gasteiger partial charge in [0.05, 0.1) is 11.7 Å². The Balaban J connectivity index is 1.56. The van der Waals surface area contributed by atoms with Crippen molar-refractivity contribution < 1.29 is 31.8 Å². The molecule has 2 atom stereocenters. The van der Waals surface area contributed by atoms with Gasteiger partial charge in [0.25, 0.3) is 0 Å². The Labute approximate surface area is 155 Å². The number of alkyl halides is 3. The summed E-state index contributed by atoms with van der Waals surface area (Å²) in [6.07, 6.45) is -3.95. The van der Waals surface area contributed by atoms with Gasteiger partial charge in [-0.3, -0.25) is 0 Å². The van der Waals surface area contributed by atoms with Crippen molar-refractivity contribution in [2.75, 3.05) is 13.1 Å². The molecule has 150 valence electrons. The van der Waals surface area contributed by atoms with Gasteiger partial charge in [-0.15, -0.1) is 0 Å². The number of fused-ring (bicyclic) bond motifs is 1. The summed E-state index contributed by atoms with van der Waals surface area (Å²) in [4.78, 5) is 13.8. The van der Waals surface area contributed by atoms with Crippen molar-refractivity contribution in [2.24, 2.45) is 11.8 Å². The smallest absolute Gasteiger partial charge is 0.416 e. The van der Waals surface area contributed by atoms with Gasteiger partial charge < -0.3 is 14.4 Å². The maximum atomic E-state index is 14.0. The first-order valence-electron chi connectivity index (χ1n) is 8.94. The van der Waals surface area contributed by atoms with Crippen LogP contribution in [0, 0.1) is 17.7 Å². The second-order valence-corrected chi connectivity index (χ2v) is 8.26. The van der Waals surface area contributed by atoms with Crippen LogP contribution in [0.5, 0.6) is 5.75 Å². The lowest BCUT2D eigenvalue weighted by atomic mass is 10.0. The highest BCUT2D eigenvalue weighted by molar-refractivity contribution is 5.68. The highest BCUT2D eigenvalue weighted by atomic mass is 19.4. The fourth-order valence-corrected chi connectivity index (χ4v) is 3.77. The Bertz CT molecular complexity index is 700. The van der Waals surface area contributed by atoms with Crippen LogP contribution < -0.4 is 4.74 Å². The van der Waals surface area contributed by atoms with Crippen LogP contribution in [0.25, 0.3) is 0 Å². The molecule has 3 rings (SSSR count). The van der Waals surface area contributed by atoms with Gasteiger partial charge in [-0.25, -0.2) is 9.18 Å². The number of benzene rings is 1. The Hall–Kier alpha value is -1.99. The third kappa shape index (κ3) is 4.65. The standard InChI is InChI=1S/C19H23F4NO3/c1-18(2,3)27-17(25)24-9-11-6-14(7-12(11)10-24)26-16-5-4-13(8-15(16)20)19(21,22)23/h4-5,8,11-12,14H,6-7,9-10H2,1-3H3. The predicted molar refractivity (Wildman–Crippen MR) is 89.8 cm³/mol. The predicted octanol–water partition coefficient (Wildman–Crippen LogP) is 4.87. The zero-order valence-electron chi connectivity index (χ0n) is 15.5. The number of ether oxygens (including phenoxy) is 2. The van der Waals surface area contributed by atoms with E-state index < -0.39 is 23.2 Å². The number of hydrogen-bond acceptors (Lipinski definition) is 3. The molecule has 2 unspecified atom stereocenters. The molecule has 1 heterocycles. The second-order valence-electron chi connectivity index (χ2n) is 8.26. The van der Waals surface area contributed by atoms with Gasteiger partial charge in [0.1, 0.15) is 5.60 Å². The molecule has 0 radical (unpaired) electrons. The number of carbonyl (C=O) groups is 1. The highest BCUT2D eigenvalue weighted by Gasteiger charge is 2.44. The van der Waals surface area contributed by atoms with E-state index in [1.807, 2.05) is 20.8 Å². The fourth-order valence-electron chi connectivity index (χ4n) is 3.77. The number of likely N-dealkylation sites (tertiary alicyclic amines) is 1. The zero-order valence-corrected chi connectivity index (χ0v) is 15.5. The molecular formula is C19H23F4NO3. The van der Waals surface area contributed by atoms with E-state index in [4.69, 9.17) is 9.47 Å². The SMILES string of the molecule is CC(C)(C)OC(=O)N1CC2CC(Oc3ccc(C(F)(F)F)cc3F)CC2C1. The minimum atomic E-state index is -4.59. The maximum Gasteiger partial charge on any atom is 0.416 e. The summed E-state index contributed by atoms with van der Waals surface area (Å²) >= 11 is 0. The lowest BCUT2D eigenvalue weighted by Gasteiger charge is -2.25. The van der Waals surface area contributed by atoms with Crippen molar-refractivity contribution in [3.63, 3.8) is 0 Å². The van der Waals surface area contributed by atoms with Gasteiger partial charge in [0.15, 0.2) is 11.6 Å². The molecule has 0 N–H and O–H groups in total. The van der Waals surface area contributed by atoms with Crippen LogP contribution in [0.1, 0.15) is 39.2 Å². The summed E-state index contributed by atoms with van der Waals surface area (Å²) < 4.78 is 62.8. The molecular weight excluding hydrogens is 366 g/mol. The number of nitrogens with zero attached hydrogens (tertiary/aromatic N) is 1. The quantitative estimate of drug-likeness (QED) is 0.678. The van der Waals surface area contributed by atoms with Gasteiger partial charge in [0, 0.05) is 13.1 Å². The summed E-state index contributed by atoms with van der Waals surface area (Å²) in [6, 6.07) is 2.30. The average molecular weight is 389 g/mol. The molecule has 0 spiro atoms. The molecule has 8 heteroatoms. The third-order valence-corrected chi connectivity index (χ3v) is 4.91. The van der Waals surface area contributed by atoms with Gasteiger partial charge in [-0.05, 0) is 63.6 Å². The van der Waals surface area contributed by atoms with E-state index in [0.29, 0.717) is 32.0 Å². The molecule has 27 heavy (non-hydrogen) atoms. The minimum Gasteiger partial charge on any atom is -0.487 e. The first-order valence-corrected chi connectivity index (χ1v) is 8.94. The van der Waals surface area contributed by atoms with Crippen molar-refractivity contribution >= 4 is 6.09 Å². The van der Waals surface area contributed by atoms with Crippen LogP contribution in [0.15, 0.2) is 18.2 Å². The van der Waals surface area contributed by atoms with Crippen molar-refractivity contribution in [3.8, 4) is 5.75 Å². The Morgan fingerprint density at radius 2 is 1.70 bits per heavy atom. The van der Waals surface area contributed by atoms with E-state index >= 15 is 0 Å². The molecule has 1 saturated heterocycles. The summed E-state index contributed by atoms with van der Waals surface area (Å²) in [5.41, 5.74) is -1.59. The van der Waals surface area contributed by atoms with Crippen molar-refractivity contribution in [3.05, 3.63) is 29.6 Å². The molecule has 1 aliphatic carbocycles. The van der Waals surface area contributed by atoms with Gasteiger partial charge in [-0.1, -0.05) is 0 Å². The van der Waals surface area contributed by atoms with E-state index in [2.05, 4.69) is 0 Å². The topological polar surface area (TPSA) is 38.8 Å². The first kappa shape index (κ1) is 19.8. The van der Waals surface area contributed by atoms with E-state index in [9.17, 15) is 22.4 Å². The van der Waals surface area contributed by atoms with Crippen LogP contribution in [0.2, 0.25) is 0 Å². The normalized spacial score (nSPS) is 25.4. The van der Waals surface area contributed by atoms with Crippen LogP contribution in [0.4, 0.5) is 22.4 Å². The molecule has 1 aromatic carbocycles. The van der Waals surface area contributed by atoms with E-state index in [-0.39, 0.29) is 29.8 Å². The number of hydrogen-bond donors (Lipinski definition) is 0. The Morgan fingerprint density at radius 1 is 1.11 bits per heavy atom. The van der Waals surface area contributed by atoms with Crippen LogP contribution in [-0.2, 0) is 10.9 Å². The van der Waals surface area contributed by atoms with Crippen molar-refractivity contribution in [1.29, 1.82) is 0 Å². The molecule has 0 bridgehead atoms. The summed E-state index contributed by atoms with van der Waals surface area (Å²) in [7, 11) is 0. The molecule has 1 saturated carbocycles. The monoisotopic (exact) mass is 389 g/mol. The number of carbonyl (C=O) groups excluding carboxylic acids is 1. The molecule has 1 amide bonds. The summed E-state index contributed by atoms with van der Waals surface area (Å²) in [6.45, 7) is 6.53. The van der Waals surface area contributed by atoms with E-state index in [1.54, 1.807) is 4.90 Å². The zero-order chi connectivity index (χ0) is 20.0. The van der Waals surface area contributed by atoms with Crippen LogP contribution in [-0.4, -0.2) is 35.8 Å². The molecule has 1 aliphatic heterocycles. The number of halogens is 4. The second kappa shape index (κ2) is 6.87. The fraction of sp³-hybridized carbons (Fsp3) is 0.632. The molecule has 4 nitrogen and oxygen atoms in total. The average Bonchev–Trinajstić information content (AvgIpc) is 3.04. The Morgan fingerprint density at radius 3 is 2.19 bits per heavy atom. The van der Waals surface area contributed by atoms with Crippen LogP contribution in [0.3, 0.4) is 0 Å². The highest BCUT2D eigenvalue weighted by Crippen LogP contribution is 2.41. The van der Waals surface area contributed by atoms with Crippen molar-refractivity contribution in [2.45, 2.75) is 51.5 Å². The Kier molecular flexibility index (Phi) is 5.03. The van der Waals surface area contributed by atoms with Gasteiger partial charge >= 0.3 is 12.3 Å². The summed E-state index contributed by atoms with van der Waals surface area (Å²) in [5.74, 6) is -0.741. The molecule has 2 aliphatic rings. The van der Waals surface area contributed by atoms with Gasteiger partial charge in [-0.2, -0.15) is 13.2 Å². The molecule has 1 aromatic rings. The lowest BCUT2D eigenvalue weighted by molar-refractivity contribution is -0.137. The molecule has 0 aromatic heterocycles. The van der Waals surface area contributed by atoms with Gasteiger partial charge in [0.2, 0.25) is 0 Å². The summed E-state index contributed by atoms with van der Waals surface area (Å²) in [5, 5.41) is 0. The van der Waals surface area contributed by atoms with E-state index in [0.717, 1.165) is 12.1 Å².